The van der Waals surface area contributed by atoms with Crippen LogP contribution in [-0.4, -0.2) is 18.4 Å². The summed E-state index contributed by atoms with van der Waals surface area (Å²) in [5, 5.41) is 5.64. The van der Waals surface area contributed by atoms with Crippen LogP contribution in [-0.2, 0) is 9.59 Å². The van der Waals surface area contributed by atoms with Gasteiger partial charge in [-0.25, -0.2) is 0 Å². The van der Waals surface area contributed by atoms with Crippen molar-refractivity contribution in [3.63, 3.8) is 0 Å². The lowest BCUT2D eigenvalue weighted by atomic mass is 10.1. The van der Waals surface area contributed by atoms with Gasteiger partial charge in [-0.2, -0.15) is 0 Å². The standard InChI is InChI=1S/C16H25N3O2/c1-11(2)16(21)19-14-7-5-13(6-8-14)18-15(20)9-4-12(3)10-17/h5-8,11-12H,4,9-10,17H2,1-3H3,(H,18,20)(H,19,21). The van der Waals surface area contributed by atoms with E-state index in [1.165, 1.54) is 0 Å². The molecule has 0 fully saturated rings. The molecule has 0 heterocycles. The molecule has 2 amide bonds. The summed E-state index contributed by atoms with van der Waals surface area (Å²) < 4.78 is 0. The molecule has 0 radical (unpaired) electrons. The predicted octanol–water partition coefficient (Wildman–Crippen LogP) is 2.59. The van der Waals surface area contributed by atoms with Gasteiger partial charge < -0.3 is 16.4 Å². The van der Waals surface area contributed by atoms with Crippen LogP contribution in [0.1, 0.15) is 33.6 Å². The van der Waals surface area contributed by atoms with Gasteiger partial charge in [0.15, 0.2) is 0 Å². The van der Waals surface area contributed by atoms with Gasteiger partial charge in [-0.3, -0.25) is 9.59 Å². The highest BCUT2D eigenvalue weighted by Crippen LogP contribution is 2.15. The minimum Gasteiger partial charge on any atom is -0.330 e. The Morgan fingerprint density at radius 1 is 1.05 bits per heavy atom. The van der Waals surface area contributed by atoms with E-state index >= 15 is 0 Å². The quantitative estimate of drug-likeness (QED) is 0.722. The second-order valence-corrected chi connectivity index (χ2v) is 5.65. The maximum Gasteiger partial charge on any atom is 0.226 e. The van der Waals surface area contributed by atoms with Crippen LogP contribution in [0.5, 0.6) is 0 Å². The van der Waals surface area contributed by atoms with Gasteiger partial charge in [-0.1, -0.05) is 20.8 Å². The van der Waals surface area contributed by atoms with E-state index in [-0.39, 0.29) is 17.7 Å². The van der Waals surface area contributed by atoms with Crippen molar-refractivity contribution in [3.05, 3.63) is 24.3 Å². The normalized spacial score (nSPS) is 12.0. The highest BCUT2D eigenvalue weighted by Gasteiger charge is 2.08. The van der Waals surface area contributed by atoms with Crippen molar-refractivity contribution in [2.45, 2.75) is 33.6 Å². The number of rotatable bonds is 7. The second kappa shape index (κ2) is 8.42. The Labute approximate surface area is 126 Å². The number of nitrogens with one attached hydrogen (secondary N) is 2. The molecule has 0 aliphatic carbocycles. The van der Waals surface area contributed by atoms with E-state index in [9.17, 15) is 9.59 Å². The molecule has 21 heavy (non-hydrogen) atoms. The zero-order valence-corrected chi connectivity index (χ0v) is 13.0. The molecular weight excluding hydrogens is 266 g/mol. The largest absolute Gasteiger partial charge is 0.330 e. The molecular formula is C16H25N3O2. The lowest BCUT2D eigenvalue weighted by molar-refractivity contribution is -0.119. The lowest BCUT2D eigenvalue weighted by Gasteiger charge is -2.10. The number of anilines is 2. The Morgan fingerprint density at radius 2 is 1.57 bits per heavy atom. The third-order valence-electron chi connectivity index (χ3n) is 3.23. The number of carbonyl (C=O) groups is 2. The first kappa shape index (κ1) is 17.2. The molecule has 0 aromatic heterocycles. The lowest BCUT2D eigenvalue weighted by Crippen LogP contribution is -2.18. The van der Waals surface area contributed by atoms with Crippen LogP contribution in [0.3, 0.4) is 0 Å². The predicted molar refractivity (Wildman–Crippen MR) is 86.0 cm³/mol. The number of nitrogens with two attached hydrogens (primary N) is 1. The highest BCUT2D eigenvalue weighted by atomic mass is 16.2. The minimum atomic E-state index is -0.0612. The van der Waals surface area contributed by atoms with E-state index in [0.717, 1.165) is 17.8 Å². The maximum atomic E-state index is 11.8. The van der Waals surface area contributed by atoms with Crippen LogP contribution in [0, 0.1) is 11.8 Å². The molecule has 0 aliphatic heterocycles. The fraction of sp³-hybridized carbons (Fsp3) is 0.500. The molecule has 0 bridgehead atoms. The fourth-order valence-corrected chi connectivity index (χ4v) is 1.64. The zero-order valence-electron chi connectivity index (χ0n) is 13.0. The summed E-state index contributed by atoms with van der Waals surface area (Å²) in [7, 11) is 0. The third-order valence-corrected chi connectivity index (χ3v) is 3.23. The molecule has 1 atom stereocenters. The number of hydrogen-bond donors (Lipinski definition) is 3. The molecule has 116 valence electrons. The van der Waals surface area contributed by atoms with Crippen LogP contribution in [0.15, 0.2) is 24.3 Å². The van der Waals surface area contributed by atoms with Gasteiger partial charge in [-0.05, 0) is 43.1 Å². The van der Waals surface area contributed by atoms with Gasteiger partial charge in [0.05, 0.1) is 0 Å². The van der Waals surface area contributed by atoms with Crippen LogP contribution in [0.2, 0.25) is 0 Å². The van der Waals surface area contributed by atoms with Gasteiger partial charge >= 0.3 is 0 Å². The maximum absolute atomic E-state index is 11.8. The van der Waals surface area contributed by atoms with E-state index in [2.05, 4.69) is 10.6 Å². The molecule has 0 spiro atoms. The SMILES string of the molecule is CC(CN)CCC(=O)Nc1ccc(NC(=O)C(C)C)cc1. The molecule has 0 aliphatic rings. The number of amides is 2. The molecule has 0 saturated carbocycles. The molecule has 1 aromatic carbocycles. The first-order chi connectivity index (χ1) is 9.92. The van der Waals surface area contributed by atoms with Crippen molar-refractivity contribution in [3.8, 4) is 0 Å². The summed E-state index contributed by atoms with van der Waals surface area (Å²) in [6.07, 6.45) is 1.25. The molecule has 1 aromatic rings. The van der Waals surface area contributed by atoms with Gasteiger partial charge in [0.2, 0.25) is 11.8 Å². The Hall–Kier alpha value is -1.88. The Balaban J connectivity index is 2.47. The van der Waals surface area contributed by atoms with E-state index in [4.69, 9.17) is 5.73 Å². The Morgan fingerprint density at radius 3 is 2.05 bits per heavy atom. The van der Waals surface area contributed by atoms with E-state index < -0.39 is 0 Å². The molecule has 0 saturated heterocycles. The van der Waals surface area contributed by atoms with Crippen molar-refractivity contribution in [2.24, 2.45) is 17.6 Å². The van der Waals surface area contributed by atoms with Gasteiger partial charge in [0, 0.05) is 23.7 Å². The summed E-state index contributed by atoms with van der Waals surface area (Å²) in [5.74, 6) is 0.245. The smallest absolute Gasteiger partial charge is 0.226 e. The van der Waals surface area contributed by atoms with E-state index in [1.807, 2.05) is 20.8 Å². The van der Waals surface area contributed by atoms with Crippen LogP contribution in [0.4, 0.5) is 11.4 Å². The summed E-state index contributed by atoms with van der Waals surface area (Å²) in [5.41, 5.74) is 6.97. The molecule has 1 rings (SSSR count). The van der Waals surface area contributed by atoms with E-state index in [0.29, 0.717) is 18.9 Å². The van der Waals surface area contributed by atoms with Crippen LogP contribution < -0.4 is 16.4 Å². The zero-order chi connectivity index (χ0) is 15.8. The monoisotopic (exact) mass is 291 g/mol. The highest BCUT2D eigenvalue weighted by molar-refractivity contribution is 5.93. The molecule has 5 nitrogen and oxygen atoms in total. The van der Waals surface area contributed by atoms with Crippen LogP contribution in [0.25, 0.3) is 0 Å². The van der Waals surface area contributed by atoms with Crippen molar-refractivity contribution in [2.75, 3.05) is 17.2 Å². The van der Waals surface area contributed by atoms with Gasteiger partial charge in [0.1, 0.15) is 0 Å². The van der Waals surface area contributed by atoms with Crippen molar-refractivity contribution < 1.29 is 9.59 Å². The van der Waals surface area contributed by atoms with Gasteiger partial charge in [0.25, 0.3) is 0 Å². The average Bonchev–Trinajstić information content (AvgIpc) is 2.46. The summed E-state index contributed by atoms with van der Waals surface area (Å²) in [4.78, 5) is 23.3. The second-order valence-electron chi connectivity index (χ2n) is 5.65. The first-order valence-corrected chi connectivity index (χ1v) is 7.33. The van der Waals surface area contributed by atoms with Crippen molar-refractivity contribution in [1.29, 1.82) is 0 Å². The molecule has 4 N–H and O–H groups in total. The summed E-state index contributed by atoms with van der Waals surface area (Å²) in [6.45, 7) is 6.30. The van der Waals surface area contributed by atoms with Crippen LogP contribution >= 0.6 is 0 Å². The summed E-state index contributed by atoms with van der Waals surface area (Å²) in [6, 6.07) is 7.11. The Kier molecular flexibility index (Phi) is 6.88. The molecule has 5 heteroatoms. The van der Waals surface area contributed by atoms with Gasteiger partial charge in [-0.15, -0.1) is 0 Å². The first-order valence-electron chi connectivity index (χ1n) is 7.33. The topological polar surface area (TPSA) is 84.2 Å². The molecule has 1 unspecified atom stereocenters. The third kappa shape index (κ3) is 6.40. The minimum absolute atomic E-state index is 0.0192. The Bertz CT molecular complexity index is 469. The van der Waals surface area contributed by atoms with Crippen molar-refractivity contribution >= 4 is 23.2 Å². The summed E-state index contributed by atoms with van der Waals surface area (Å²) >= 11 is 0. The van der Waals surface area contributed by atoms with E-state index in [1.54, 1.807) is 24.3 Å². The number of carbonyl (C=O) groups excluding carboxylic acids is 2. The van der Waals surface area contributed by atoms with Crippen molar-refractivity contribution in [1.82, 2.24) is 0 Å². The average molecular weight is 291 g/mol. The fourth-order valence-electron chi connectivity index (χ4n) is 1.64. The number of hydrogen-bond acceptors (Lipinski definition) is 3. The number of benzene rings is 1.